The molecule has 0 radical (unpaired) electrons. The van der Waals surface area contributed by atoms with Crippen molar-refractivity contribution in [2.45, 2.75) is 71.7 Å². The first kappa shape index (κ1) is 27.5. The fourth-order valence-corrected chi connectivity index (χ4v) is 3.43. The van der Waals surface area contributed by atoms with Crippen molar-refractivity contribution in [3.05, 3.63) is 17.5 Å². The van der Waals surface area contributed by atoms with Crippen molar-refractivity contribution in [3.8, 4) is 0 Å². The Morgan fingerprint density at radius 3 is 2.21 bits per heavy atom. The molecule has 11 heteroatoms. The van der Waals surface area contributed by atoms with Gasteiger partial charge in [0.05, 0.1) is 19.3 Å². The van der Waals surface area contributed by atoms with Crippen LogP contribution < -0.4 is 16.0 Å². The highest BCUT2D eigenvalue weighted by atomic mass is 16.6. The van der Waals surface area contributed by atoms with Crippen LogP contribution in [0.25, 0.3) is 0 Å². The highest BCUT2D eigenvalue weighted by molar-refractivity contribution is 5.99. The van der Waals surface area contributed by atoms with Gasteiger partial charge in [-0.25, -0.2) is 0 Å². The molecular weight excluding hydrogens is 444 g/mol. The van der Waals surface area contributed by atoms with Gasteiger partial charge in [-0.05, 0) is 32.1 Å². The van der Waals surface area contributed by atoms with Crippen LogP contribution in [0.4, 0.5) is 0 Å². The summed E-state index contributed by atoms with van der Waals surface area (Å²) in [6.07, 6.45) is 0.446. The Labute approximate surface area is 199 Å². The number of ketones is 1. The SMILES string of the molecule is COCC(NC(=O)c1cc(C)on1)C(=O)N[C@H](C(=O)NC(CC(C)C)C(=O)C1(C)CO1)C(C)C. The molecule has 1 aromatic heterocycles. The van der Waals surface area contributed by atoms with Gasteiger partial charge < -0.3 is 29.9 Å². The van der Waals surface area contributed by atoms with Gasteiger partial charge in [-0.3, -0.25) is 19.2 Å². The number of nitrogens with zero attached hydrogens (tertiary/aromatic N) is 1. The van der Waals surface area contributed by atoms with Crippen LogP contribution in [0.3, 0.4) is 0 Å². The van der Waals surface area contributed by atoms with E-state index >= 15 is 0 Å². The van der Waals surface area contributed by atoms with E-state index in [2.05, 4.69) is 21.1 Å². The summed E-state index contributed by atoms with van der Waals surface area (Å²) in [6, 6.07) is -1.30. The maximum atomic E-state index is 13.1. The molecule has 34 heavy (non-hydrogen) atoms. The zero-order chi connectivity index (χ0) is 25.6. The molecule has 1 aliphatic rings. The molecule has 2 heterocycles. The molecule has 3 unspecified atom stereocenters. The quantitative estimate of drug-likeness (QED) is 0.350. The number of amides is 3. The highest BCUT2D eigenvalue weighted by Crippen LogP contribution is 2.29. The monoisotopic (exact) mass is 480 g/mol. The first-order valence-corrected chi connectivity index (χ1v) is 11.4. The first-order valence-electron chi connectivity index (χ1n) is 11.4. The van der Waals surface area contributed by atoms with E-state index in [1.54, 1.807) is 27.7 Å². The smallest absolute Gasteiger partial charge is 0.274 e. The summed E-state index contributed by atoms with van der Waals surface area (Å²) >= 11 is 0. The second kappa shape index (κ2) is 11.6. The number of carbonyl (C=O) groups is 4. The van der Waals surface area contributed by atoms with Gasteiger partial charge in [0.25, 0.3) is 5.91 Å². The lowest BCUT2D eigenvalue weighted by Crippen LogP contribution is -2.59. The van der Waals surface area contributed by atoms with E-state index in [-0.39, 0.29) is 29.9 Å². The van der Waals surface area contributed by atoms with Crippen LogP contribution in [0.5, 0.6) is 0 Å². The predicted octanol–water partition coefficient (Wildman–Crippen LogP) is 0.758. The highest BCUT2D eigenvalue weighted by Gasteiger charge is 2.50. The lowest BCUT2D eigenvalue weighted by molar-refractivity contribution is -0.134. The molecule has 2 rings (SSSR count). The van der Waals surface area contributed by atoms with E-state index in [1.165, 1.54) is 13.2 Å². The minimum absolute atomic E-state index is 0.0235. The van der Waals surface area contributed by atoms with Crippen molar-refractivity contribution >= 4 is 23.5 Å². The number of ether oxygens (including phenoxy) is 2. The van der Waals surface area contributed by atoms with Crippen LogP contribution in [0.15, 0.2) is 10.6 Å². The van der Waals surface area contributed by atoms with Gasteiger partial charge >= 0.3 is 0 Å². The number of aryl methyl sites for hydroxylation is 1. The standard InChI is InChI=1S/C23H36N4O7/c1-12(2)8-15(19(28)23(6)11-33-23)24-22(31)18(13(3)4)26-21(30)17(10-32-7)25-20(29)16-9-14(5)34-27-16/h9,12-13,15,17-18H,8,10-11H2,1-7H3,(H,24,31)(H,25,29)(H,26,30)/t15?,17?,18-,23?/m0/s1. The summed E-state index contributed by atoms with van der Waals surface area (Å²) in [7, 11) is 1.39. The predicted molar refractivity (Wildman–Crippen MR) is 122 cm³/mol. The zero-order valence-corrected chi connectivity index (χ0v) is 20.9. The summed E-state index contributed by atoms with van der Waals surface area (Å²) in [5.74, 6) is -1.57. The summed E-state index contributed by atoms with van der Waals surface area (Å²) < 4.78 is 15.2. The Morgan fingerprint density at radius 1 is 1.09 bits per heavy atom. The molecule has 1 saturated heterocycles. The van der Waals surface area contributed by atoms with E-state index in [0.29, 0.717) is 18.8 Å². The number of carbonyl (C=O) groups excluding carboxylic acids is 4. The van der Waals surface area contributed by atoms with E-state index in [0.717, 1.165) is 0 Å². The van der Waals surface area contributed by atoms with Crippen molar-refractivity contribution in [3.63, 3.8) is 0 Å². The number of hydrogen-bond donors (Lipinski definition) is 3. The average molecular weight is 481 g/mol. The number of Topliss-reactive ketones (excluding diaryl/α,β-unsaturated/α-hetero) is 1. The van der Waals surface area contributed by atoms with E-state index < -0.39 is 41.4 Å². The van der Waals surface area contributed by atoms with Crippen LogP contribution in [0, 0.1) is 18.8 Å². The van der Waals surface area contributed by atoms with Crippen LogP contribution in [-0.2, 0) is 23.9 Å². The van der Waals surface area contributed by atoms with Gasteiger partial charge in [-0.1, -0.05) is 32.9 Å². The number of epoxide rings is 1. The van der Waals surface area contributed by atoms with Crippen molar-refractivity contribution in [1.82, 2.24) is 21.1 Å². The molecule has 190 valence electrons. The second-order valence-corrected chi connectivity index (χ2v) is 9.61. The number of aromatic nitrogens is 1. The second-order valence-electron chi connectivity index (χ2n) is 9.61. The minimum Gasteiger partial charge on any atom is -0.382 e. The van der Waals surface area contributed by atoms with E-state index in [4.69, 9.17) is 14.0 Å². The van der Waals surface area contributed by atoms with Crippen molar-refractivity contribution in [2.75, 3.05) is 20.3 Å². The third-order valence-corrected chi connectivity index (χ3v) is 5.50. The van der Waals surface area contributed by atoms with Crippen LogP contribution >= 0.6 is 0 Å². The molecule has 3 amide bonds. The van der Waals surface area contributed by atoms with Crippen molar-refractivity contribution in [1.29, 1.82) is 0 Å². The third-order valence-electron chi connectivity index (χ3n) is 5.50. The Balaban J connectivity index is 2.10. The summed E-state index contributed by atoms with van der Waals surface area (Å²) in [4.78, 5) is 51.4. The maximum absolute atomic E-state index is 13.1. The van der Waals surface area contributed by atoms with Gasteiger partial charge in [-0.15, -0.1) is 0 Å². The molecule has 1 fully saturated rings. The van der Waals surface area contributed by atoms with Gasteiger partial charge in [0.1, 0.15) is 23.4 Å². The molecule has 0 bridgehead atoms. The van der Waals surface area contributed by atoms with E-state index in [1.807, 2.05) is 13.8 Å². The molecule has 1 aromatic rings. The largest absolute Gasteiger partial charge is 0.382 e. The normalized spacial score (nSPS) is 19.9. The van der Waals surface area contributed by atoms with Crippen molar-refractivity contribution in [2.24, 2.45) is 11.8 Å². The number of hydrogen-bond acceptors (Lipinski definition) is 8. The van der Waals surface area contributed by atoms with Crippen LogP contribution in [0.1, 0.15) is 57.3 Å². The lowest BCUT2D eigenvalue weighted by Gasteiger charge is -2.28. The van der Waals surface area contributed by atoms with E-state index in [9.17, 15) is 19.2 Å². The number of nitrogens with one attached hydrogen (secondary N) is 3. The first-order chi connectivity index (χ1) is 15.9. The summed E-state index contributed by atoms with van der Waals surface area (Å²) in [5.41, 5.74) is -0.855. The molecule has 3 N–H and O–H groups in total. The minimum atomic E-state index is -1.07. The average Bonchev–Trinajstić information content (AvgIpc) is 3.35. The molecule has 4 atom stereocenters. The lowest BCUT2D eigenvalue weighted by atomic mass is 9.92. The molecule has 11 nitrogen and oxygen atoms in total. The van der Waals surface area contributed by atoms with Gasteiger partial charge in [0.15, 0.2) is 11.5 Å². The maximum Gasteiger partial charge on any atom is 0.274 e. The molecule has 0 spiro atoms. The number of methoxy groups -OCH3 is 1. The zero-order valence-electron chi connectivity index (χ0n) is 20.9. The third kappa shape index (κ3) is 7.36. The fraction of sp³-hybridized carbons (Fsp3) is 0.696. The van der Waals surface area contributed by atoms with Crippen molar-refractivity contribution < 1.29 is 33.2 Å². The Kier molecular flexibility index (Phi) is 9.34. The van der Waals surface area contributed by atoms with Gasteiger partial charge in [0.2, 0.25) is 11.8 Å². The molecule has 1 aliphatic heterocycles. The summed E-state index contributed by atoms with van der Waals surface area (Å²) in [6.45, 7) is 11.0. The summed E-state index contributed by atoms with van der Waals surface area (Å²) in [5, 5.41) is 11.7. The topological polar surface area (TPSA) is 152 Å². The molecular formula is C23H36N4O7. The Morgan fingerprint density at radius 2 is 1.74 bits per heavy atom. The Hall–Kier alpha value is -2.79. The molecule has 0 aliphatic carbocycles. The Bertz CT molecular complexity index is 892. The van der Waals surface area contributed by atoms with Crippen LogP contribution in [0.2, 0.25) is 0 Å². The fourth-order valence-electron chi connectivity index (χ4n) is 3.43. The van der Waals surface area contributed by atoms with Gasteiger partial charge in [0, 0.05) is 13.2 Å². The van der Waals surface area contributed by atoms with Gasteiger partial charge in [-0.2, -0.15) is 0 Å². The molecule has 0 saturated carbocycles. The molecule has 0 aromatic carbocycles. The van der Waals surface area contributed by atoms with Crippen LogP contribution in [-0.4, -0.2) is 72.7 Å². The number of rotatable bonds is 13.